The molecule has 0 unspecified atom stereocenters. The molecule has 0 aromatic carbocycles. The van der Waals surface area contributed by atoms with Crippen LogP contribution in [0.15, 0.2) is 4.52 Å². The largest absolute Gasteiger partial charge is 0.361 e. The zero-order valence-electron chi connectivity index (χ0n) is 12.2. The maximum Gasteiger partial charge on any atom is 0.138 e. The third-order valence-electron chi connectivity index (χ3n) is 5.00. The number of rotatable bonds is 2. The fourth-order valence-electron chi connectivity index (χ4n) is 3.75. The Hall–Kier alpha value is -0.870. The Morgan fingerprint density at radius 3 is 2.74 bits per heavy atom. The lowest BCUT2D eigenvalue weighted by atomic mass is 9.79. The Kier molecular flexibility index (Phi) is 3.63. The van der Waals surface area contributed by atoms with E-state index in [1.165, 1.54) is 37.7 Å². The lowest BCUT2D eigenvalue weighted by Gasteiger charge is -2.50. The SMILES string of the molecule is Cc1noc(C)c1CN1CCNCC12CCCCC2. The van der Waals surface area contributed by atoms with E-state index in [1.54, 1.807) is 0 Å². The molecule has 2 heterocycles. The lowest BCUT2D eigenvalue weighted by molar-refractivity contribution is 0.0205. The number of nitrogens with one attached hydrogen (secondary N) is 1. The molecule has 3 rings (SSSR count). The average molecular weight is 263 g/mol. The van der Waals surface area contributed by atoms with Crippen LogP contribution in [-0.2, 0) is 6.54 Å². The Morgan fingerprint density at radius 2 is 2.05 bits per heavy atom. The Labute approximate surface area is 115 Å². The summed E-state index contributed by atoms with van der Waals surface area (Å²) in [6, 6.07) is 0. The van der Waals surface area contributed by atoms with Gasteiger partial charge in [0.15, 0.2) is 0 Å². The number of aromatic nitrogens is 1. The van der Waals surface area contributed by atoms with E-state index in [0.29, 0.717) is 5.54 Å². The first-order chi connectivity index (χ1) is 9.21. The third kappa shape index (κ3) is 2.43. The molecule has 0 radical (unpaired) electrons. The van der Waals surface area contributed by atoms with Crippen molar-refractivity contribution in [3.8, 4) is 0 Å². The molecule has 19 heavy (non-hydrogen) atoms. The molecule has 2 fully saturated rings. The first-order valence-electron chi connectivity index (χ1n) is 7.59. The molecule has 106 valence electrons. The standard InChI is InChI=1S/C15H25N3O/c1-12-14(13(2)19-17-12)10-18-9-8-16-11-15(18)6-4-3-5-7-15/h16H,3-11H2,1-2H3. The summed E-state index contributed by atoms with van der Waals surface area (Å²) < 4.78 is 5.32. The monoisotopic (exact) mass is 263 g/mol. The van der Waals surface area contributed by atoms with E-state index in [0.717, 1.165) is 37.6 Å². The molecule has 0 bridgehead atoms. The van der Waals surface area contributed by atoms with Crippen molar-refractivity contribution < 1.29 is 4.52 Å². The molecule has 0 amide bonds. The topological polar surface area (TPSA) is 41.3 Å². The number of hydrogen-bond donors (Lipinski definition) is 1. The molecule has 1 aliphatic heterocycles. The second-order valence-corrected chi connectivity index (χ2v) is 6.19. The number of piperazine rings is 1. The Balaban J connectivity index is 1.81. The van der Waals surface area contributed by atoms with Crippen LogP contribution in [0.4, 0.5) is 0 Å². The van der Waals surface area contributed by atoms with Gasteiger partial charge in [-0.3, -0.25) is 4.90 Å². The van der Waals surface area contributed by atoms with Crippen molar-refractivity contribution in [1.29, 1.82) is 0 Å². The fraction of sp³-hybridized carbons (Fsp3) is 0.800. The van der Waals surface area contributed by atoms with Crippen molar-refractivity contribution in [2.24, 2.45) is 0 Å². The second-order valence-electron chi connectivity index (χ2n) is 6.19. The van der Waals surface area contributed by atoms with E-state index in [9.17, 15) is 0 Å². The molecule has 0 atom stereocenters. The van der Waals surface area contributed by atoms with E-state index in [2.05, 4.69) is 22.3 Å². The van der Waals surface area contributed by atoms with Gasteiger partial charge < -0.3 is 9.84 Å². The Morgan fingerprint density at radius 1 is 1.26 bits per heavy atom. The Bertz CT molecular complexity index is 407. The summed E-state index contributed by atoms with van der Waals surface area (Å²) in [4.78, 5) is 2.69. The van der Waals surface area contributed by atoms with Gasteiger partial charge in [-0.1, -0.05) is 24.4 Å². The van der Waals surface area contributed by atoms with Crippen LogP contribution in [0.2, 0.25) is 0 Å². The highest BCUT2D eigenvalue weighted by Crippen LogP contribution is 2.36. The summed E-state index contributed by atoms with van der Waals surface area (Å²) in [5.74, 6) is 0.988. The molecule has 1 aromatic heterocycles. The highest BCUT2D eigenvalue weighted by Gasteiger charge is 2.40. The van der Waals surface area contributed by atoms with Crippen LogP contribution in [-0.4, -0.2) is 35.2 Å². The van der Waals surface area contributed by atoms with Gasteiger partial charge in [0.05, 0.1) is 5.69 Å². The van der Waals surface area contributed by atoms with Crippen LogP contribution >= 0.6 is 0 Å². The van der Waals surface area contributed by atoms with Crippen LogP contribution in [0.3, 0.4) is 0 Å². The van der Waals surface area contributed by atoms with Gasteiger partial charge in [0.2, 0.25) is 0 Å². The van der Waals surface area contributed by atoms with Gasteiger partial charge in [-0.15, -0.1) is 0 Å². The van der Waals surface area contributed by atoms with Crippen LogP contribution in [0.1, 0.15) is 49.1 Å². The van der Waals surface area contributed by atoms with Gasteiger partial charge in [-0.25, -0.2) is 0 Å². The lowest BCUT2D eigenvalue weighted by Crippen LogP contribution is -2.61. The molecule has 1 aliphatic carbocycles. The minimum atomic E-state index is 0.382. The summed E-state index contributed by atoms with van der Waals surface area (Å²) in [5.41, 5.74) is 2.74. The zero-order valence-corrected chi connectivity index (χ0v) is 12.2. The molecule has 1 saturated carbocycles. The molecule has 4 heteroatoms. The van der Waals surface area contributed by atoms with Crippen molar-refractivity contribution >= 4 is 0 Å². The number of nitrogens with zero attached hydrogens (tertiary/aromatic N) is 2. The van der Waals surface area contributed by atoms with Gasteiger partial charge in [-0.05, 0) is 26.7 Å². The highest BCUT2D eigenvalue weighted by molar-refractivity contribution is 5.21. The van der Waals surface area contributed by atoms with Gasteiger partial charge in [0.25, 0.3) is 0 Å². The first-order valence-corrected chi connectivity index (χ1v) is 7.59. The summed E-state index contributed by atoms with van der Waals surface area (Å²) in [5, 5.41) is 7.70. The molecular formula is C15H25N3O. The van der Waals surface area contributed by atoms with Gasteiger partial charge >= 0.3 is 0 Å². The predicted octanol–water partition coefficient (Wildman–Crippen LogP) is 2.40. The van der Waals surface area contributed by atoms with Crippen molar-refractivity contribution in [2.75, 3.05) is 19.6 Å². The van der Waals surface area contributed by atoms with E-state index >= 15 is 0 Å². The minimum absolute atomic E-state index is 0.382. The van der Waals surface area contributed by atoms with E-state index in [4.69, 9.17) is 4.52 Å². The molecule has 1 N–H and O–H groups in total. The summed E-state index contributed by atoms with van der Waals surface area (Å²) in [6.07, 6.45) is 6.83. The smallest absolute Gasteiger partial charge is 0.138 e. The van der Waals surface area contributed by atoms with E-state index in [-0.39, 0.29) is 0 Å². The summed E-state index contributed by atoms with van der Waals surface area (Å²) in [7, 11) is 0. The van der Waals surface area contributed by atoms with Crippen LogP contribution in [0, 0.1) is 13.8 Å². The van der Waals surface area contributed by atoms with Gasteiger partial charge in [-0.2, -0.15) is 0 Å². The third-order valence-corrected chi connectivity index (χ3v) is 5.00. The average Bonchev–Trinajstić information content (AvgIpc) is 2.74. The summed E-state index contributed by atoms with van der Waals surface area (Å²) in [6.45, 7) is 8.49. The predicted molar refractivity (Wildman–Crippen MR) is 75.1 cm³/mol. The highest BCUT2D eigenvalue weighted by atomic mass is 16.5. The normalized spacial score (nSPS) is 23.9. The van der Waals surface area contributed by atoms with Crippen molar-refractivity contribution in [3.05, 3.63) is 17.0 Å². The maximum atomic E-state index is 5.32. The van der Waals surface area contributed by atoms with Crippen LogP contribution < -0.4 is 5.32 Å². The first kappa shape index (κ1) is 13.1. The van der Waals surface area contributed by atoms with Crippen LogP contribution in [0.25, 0.3) is 0 Å². The van der Waals surface area contributed by atoms with E-state index < -0.39 is 0 Å². The zero-order chi connectivity index (χ0) is 13.3. The van der Waals surface area contributed by atoms with Crippen molar-refractivity contribution in [1.82, 2.24) is 15.4 Å². The quantitative estimate of drug-likeness (QED) is 0.889. The molecule has 1 spiro atoms. The molecular weight excluding hydrogens is 238 g/mol. The fourth-order valence-corrected chi connectivity index (χ4v) is 3.75. The number of hydrogen-bond acceptors (Lipinski definition) is 4. The number of aryl methyl sites for hydroxylation is 2. The van der Waals surface area contributed by atoms with E-state index in [1.807, 2.05) is 6.92 Å². The van der Waals surface area contributed by atoms with Crippen LogP contribution in [0.5, 0.6) is 0 Å². The molecule has 4 nitrogen and oxygen atoms in total. The molecule has 1 aromatic rings. The maximum absolute atomic E-state index is 5.32. The van der Waals surface area contributed by atoms with Crippen molar-refractivity contribution in [3.63, 3.8) is 0 Å². The molecule has 1 saturated heterocycles. The van der Waals surface area contributed by atoms with Gasteiger partial charge in [0.1, 0.15) is 5.76 Å². The second kappa shape index (κ2) is 5.25. The minimum Gasteiger partial charge on any atom is -0.361 e. The molecule has 2 aliphatic rings. The van der Waals surface area contributed by atoms with Gasteiger partial charge in [0, 0.05) is 37.3 Å². The van der Waals surface area contributed by atoms with Crippen molar-refractivity contribution in [2.45, 2.75) is 58.0 Å². The summed E-state index contributed by atoms with van der Waals surface area (Å²) >= 11 is 0.